The standard InChI is InChI=1S/C9H15FN2S/c1-2-9-12-8(7-13-9)6-11-5-3-4-10/h7,11H,2-6H2,1H3. The highest BCUT2D eigenvalue weighted by molar-refractivity contribution is 7.09. The van der Waals surface area contributed by atoms with Crippen molar-refractivity contribution in [2.45, 2.75) is 26.3 Å². The first-order valence-corrected chi connectivity index (χ1v) is 5.44. The van der Waals surface area contributed by atoms with Crippen LogP contribution < -0.4 is 5.32 Å². The fourth-order valence-corrected chi connectivity index (χ4v) is 1.75. The molecule has 0 fully saturated rings. The molecule has 0 spiro atoms. The number of thiazole rings is 1. The minimum Gasteiger partial charge on any atom is -0.311 e. The van der Waals surface area contributed by atoms with Crippen LogP contribution in [0.15, 0.2) is 5.38 Å². The quantitative estimate of drug-likeness (QED) is 0.715. The van der Waals surface area contributed by atoms with Crippen molar-refractivity contribution >= 4 is 11.3 Å². The molecule has 0 saturated carbocycles. The Bertz CT molecular complexity index is 237. The van der Waals surface area contributed by atoms with Gasteiger partial charge in [0.1, 0.15) is 0 Å². The largest absolute Gasteiger partial charge is 0.311 e. The number of hydrogen-bond acceptors (Lipinski definition) is 3. The smallest absolute Gasteiger partial charge is 0.0926 e. The summed E-state index contributed by atoms with van der Waals surface area (Å²) in [5, 5.41) is 6.37. The predicted octanol–water partition coefficient (Wildman–Crippen LogP) is 2.15. The van der Waals surface area contributed by atoms with Crippen LogP contribution in [0.3, 0.4) is 0 Å². The van der Waals surface area contributed by atoms with Gasteiger partial charge in [-0.2, -0.15) is 0 Å². The third kappa shape index (κ3) is 3.83. The summed E-state index contributed by atoms with van der Waals surface area (Å²) < 4.78 is 11.7. The number of nitrogens with zero attached hydrogens (tertiary/aromatic N) is 1. The van der Waals surface area contributed by atoms with Crippen LogP contribution in [0.5, 0.6) is 0 Å². The molecule has 1 rings (SSSR count). The molecule has 0 radical (unpaired) electrons. The number of rotatable bonds is 6. The first-order chi connectivity index (χ1) is 6.36. The van der Waals surface area contributed by atoms with Crippen LogP contribution in [-0.2, 0) is 13.0 Å². The van der Waals surface area contributed by atoms with E-state index in [1.54, 1.807) is 11.3 Å². The zero-order valence-corrected chi connectivity index (χ0v) is 8.66. The van der Waals surface area contributed by atoms with Gasteiger partial charge in [-0.25, -0.2) is 4.98 Å². The van der Waals surface area contributed by atoms with E-state index in [2.05, 4.69) is 22.6 Å². The zero-order chi connectivity index (χ0) is 9.52. The topological polar surface area (TPSA) is 24.9 Å². The highest BCUT2D eigenvalue weighted by Gasteiger charge is 1.98. The first kappa shape index (κ1) is 10.6. The number of aromatic nitrogens is 1. The predicted molar refractivity (Wildman–Crippen MR) is 53.8 cm³/mol. The summed E-state index contributed by atoms with van der Waals surface area (Å²) in [6.07, 6.45) is 1.58. The lowest BCUT2D eigenvalue weighted by Crippen LogP contribution is -2.15. The molecule has 0 aliphatic heterocycles. The van der Waals surface area contributed by atoms with Gasteiger partial charge in [-0.05, 0) is 19.4 Å². The summed E-state index contributed by atoms with van der Waals surface area (Å²) in [7, 11) is 0. The summed E-state index contributed by atoms with van der Waals surface area (Å²) in [6, 6.07) is 0. The van der Waals surface area contributed by atoms with Crippen LogP contribution in [0.4, 0.5) is 4.39 Å². The van der Waals surface area contributed by atoms with Crippen LogP contribution in [0.1, 0.15) is 24.0 Å². The van der Waals surface area contributed by atoms with E-state index >= 15 is 0 Å². The van der Waals surface area contributed by atoms with E-state index in [0.29, 0.717) is 6.42 Å². The van der Waals surface area contributed by atoms with E-state index in [0.717, 1.165) is 25.2 Å². The summed E-state index contributed by atoms with van der Waals surface area (Å²) >= 11 is 1.69. The number of aryl methyl sites for hydroxylation is 1. The Morgan fingerprint density at radius 3 is 3.08 bits per heavy atom. The van der Waals surface area contributed by atoms with Gasteiger partial charge in [-0.1, -0.05) is 6.92 Å². The van der Waals surface area contributed by atoms with Crippen LogP contribution >= 0.6 is 11.3 Å². The molecule has 0 aromatic carbocycles. The fraction of sp³-hybridized carbons (Fsp3) is 0.667. The van der Waals surface area contributed by atoms with E-state index in [1.807, 2.05) is 0 Å². The number of nitrogens with one attached hydrogen (secondary N) is 1. The highest BCUT2D eigenvalue weighted by Crippen LogP contribution is 2.09. The Hall–Kier alpha value is -0.480. The number of halogens is 1. The van der Waals surface area contributed by atoms with Crippen LogP contribution in [0.25, 0.3) is 0 Å². The second-order valence-corrected chi connectivity index (χ2v) is 3.75. The maximum Gasteiger partial charge on any atom is 0.0926 e. The van der Waals surface area contributed by atoms with Gasteiger partial charge in [0.15, 0.2) is 0 Å². The number of alkyl halides is 1. The van der Waals surface area contributed by atoms with Gasteiger partial charge < -0.3 is 5.32 Å². The Labute approximate surface area is 82.2 Å². The molecule has 0 amide bonds. The lowest BCUT2D eigenvalue weighted by molar-refractivity contribution is 0.458. The molecule has 2 nitrogen and oxygen atoms in total. The molecule has 0 atom stereocenters. The second kappa shape index (κ2) is 6.05. The molecule has 74 valence electrons. The van der Waals surface area contributed by atoms with Crippen molar-refractivity contribution in [1.29, 1.82) is 0 Å². The van der Waals surface area contributed by atoms with Gasteiger partial charge in [-0.15, -0.1) is 11.3 Å². The second-order valence-electron chi connectivity index (χ2n) is 2.81. The van der Waals surface area contributed by atoms with Crippen molar-refractivity contribution in [1.82, 2.24) is 10.3 Å². The average molecular weight is 202 g/mol. The van der Waals surface area contributed by atoms with Crippen molar-refractivity contribution < 1.29 is 4.39 Å². The monoisotopic (exact) mass is 202 g/mol. The molecule has 0 aliphatic carbocycles. The summed E-state index contributed by atoms with van der Waals surface area (Å²) in [6.45, 7) is 3.34. The van der Waals surface area contributed by atoms with Gasteiger partial charge in [0.05, 0.1) is 17.4 Å². The lowest BCUT2D eigenvalue weighted by atomic mass is 10.4. The van der Waals surface area contributed by atoms with Gasteiger partial charge in [-0.3, -0.25) is 4.39 Å². The molecule has 0 saturated heterocycles. The molecule has 1 heterocycles. The third-order valence-electron chi connectivity index (χ3n) is 1.70. The molecule has 0 bridgehead atoms. The molecular formula is C9H15FN2S. The molecule has 1 aromatic heterocycles. The molecular weight excluding hydrogens is 187 g/mol. The molecule has 1 aromatic rings. The molecule has 0 aliphatic rings. The average Bonchev–Trinajstić information content (AvgIpc) is 2.60. The lowest BCUT2D eigenvalue weighted by Gasteiger charge is -1.98. The van der Waals surface area contributed by atoms with Crippen molar-refractivity contribution in [2.24, 2.45) is 0 Å². The molecule has 4 heteroatoms. The van der Waals surface area contributed by atoms with Gasteiger partial charge in [0.2, 0.25) is 0 Å². The van der Waals surface area contributed by atoms with Crippen molar-refractivity contribution in [2.75, 3.05) is 13.2 Å². The Morgan fingerprint density at radius 2 is 2.46 bits per heavy atom. The molecule has 0 unspecified atom stereocenters. The summed E-state index contributed by atoms with van der Waals surface area (Å²) in [5.74, 6) is 0. The normalized spacial score (nSPS) is 10.6. The van der Waals surface area contributed by atoms with Gasteiger partial charge in [0, 0.05) is 11.9 Å². The SMILES string of the molecule is CCc1nc(CNCCCF)cs1. The molecule has 1 N–H and O–H groups in total. The summed E-state index contributed by atoms with van der Waals surface area (Å²) in [4.78, 5) is 4.39. The minimum atomic E-state index is -0.246. The highest BCUT2D eigenvalue weighted by atomic mass is 32.1. The van der Waals surface area contributed by atoms with E-state index in [4.69, 9.17) is 0 Å². The first-order valence-electron chi connectivity index (χ1n) is 4.56. The summed E-state index contributed by atoms with van der Waals surface area (Å²) in [5.41, 5.74) is 1.07. The van der Waals surface area contributed by atoms with E-state index in [-0.39, 0.29) is 6.67 Å². The molecule has 13 heavy (non-hydrogen) atoms. The maximum atomic E-state index is 11.7. The van der Waals surface area contributed by atoms with Crippen molar-refractivity contribution in [3.63, 3.8) is 0 Å². The Kier molecular flexibility index (Phi) is 4.93. The minimum absolute atomic E-state index is 0.246. The maximum absolute atomic E-state index is 11.7. The fourth-order valence-electron chi connectivity index (χ4n) is 1.00. The van der Waals surface area contributed by atoms with Crippen molar-refractivity contribution in [3.8, 4) is 0 Å². The van der Waals surface area contributed by atoms with Crippen LogP contribution in [0.2, 0.25) is 0 Å². The van der Waals surface area contributed by atoms with Gasteiger partial charge >= 0.3 is 0 Å². The zero-order valence-electron chi connectivity index (χ0n) is 7.85. The van der Waals surface area contributed by atoms with Gasteiger partial charge in [0.25, 0.3) is 0 Å². The van der Waals surface area contributed by atoms with Crippen molar-refractivity contribution in [3.05, 3.63) is 16.1 Å². The Morgan fingerprint density at radius 1 is 1.62 bits per heavy atom. The number of hydrogen-bond donors (Lipinski definition) is 1. The van der Waals surface area contributed by atoms with E-state index < -0.39 is 0 Å². The van der Waals surface area contributed by atoms with Crippen LogP contribution in [0, 0.1) is 0 Å². The Balaban J connectivity index is 2.20. The van der Waals surface area contributed by atoms with Crippen LogP contribution in [-0.4, -0.2) is 18.2 Å². The van der Waals surface area contributed by atoms with E-state index in [9.17, 15) is 4.39 Å². The third-order valence-corrected chi connectivity index (χ3v) is 2.74. The van der Waals surface area contributed by atoms with E-state index in [1.165, 1.54) is 5.01 Å².